The van der Waals surface area contributed by atoms with Crippen LogP contribution in [0.5, 0.6) is 0 Å². The van der Waals surface area contributed by atoms with Crippen LogP contribution in [0.25, 0.3) is 0 Å². The van der Waals surface area contributed by atoms with Gasteiger partial charge in [0.2, 0.25) is 0 Å². The molecule has 1 aromatic carbocycles. The van der Waals surface area contributed by atoms with Gasteiger partial charge in [-0.15, -0.1) is 0 Å². The minimum atomic E-state index is 0.118. The van der Waals surface area contributed by atoms with Crippen molar-refractivity contribution in [2.45, 2.75) is 19.8 Å². The first-order chi connectivity index (χ1) is 7.54. The lowest BCUT2D eigenvalue weighted by molar-refractivity contribution is -0.119. The minimum absolute atomic E-state index is 0.118. The zero-order chi connectivity index (χ0) is 12.1. The molecule has 2 N–H and O–H groups in total. The molecule has 0 heterocycles. The number of halogens is 2. The predicted octanol–water partition coefficient (Wildman–Crippen LogP) is 3.09. The van der Waals surface area contributed by atoms with E-state index in [1.165, 1.54) is 0 Å². The van der Waals surface area contributed by atoms with E-state index in [0.717, 1.165) is 0 Å². The highest BCUT2D eigenvalue weighted by atomic mass is 35.5. The Hall–Kier alpha value is -0.570. The molecule has 0 aliphatic carbocycles. The Kier molecular flexibility index (Phi) is 5.26. The molecule has 1 unspecified atom stereocenters. The third-order valence-electron chi connectivity index (χ3n) is 2.41. The van der Waals surface area contributed by atoms with E-state index in [2.05, 4.69) is 0 Å². The summed E-state index contributed by atoms with van der Waals surface area (Å²) in [6.45, 7) is 2.47. The number of benzene rings is 1. The van der Waals surface area contributed by atoms with Crippen molar-refractivity contribution in [3.63, 3.8) is 0 Å². The van der Waals surface area contributed by atoms with Gasteiger partial charge in [-0.25, -0.2) is 0 Å². The maximum atomic E-state index is 11.7. The van der Waals surface area contributed by atoms with Crippen molar-refractivity contribution in [1.82, 2.24) is 0 Å². The van der Waals surface area contributed by atoms with Crippen molar-refractivity contribution < 1.29 is 4.79 Å². The molecule has 0 aliphatic rings. The molecule has 16 heavy (non-hydrogen) atoms. The molecular formula is C12H15Cl2NO. The van der Waals surface area contributed by atoms with Gasteiger partial charge in [-0.05, 0) is 30.2 Å². The first kappa shape index (κ1) is 13.5. The van der Waals surface area contributed by atoms with E-state index < -0.39 is 0 Å². The van der Waals surface area contributed by atoms with Gasteiger partial charge in [0, 0.05) is 22.9 Å². The second kappa shape index (κ2) is 6.24. The SMILES string of the molecule is CC(CN)CC(=O)Cc1c(Cl)cccc1Cl. The summed E-state index contributed by atoms with van der Waals surface area (Å²) in [5.74, 6) is 0.321. The van der Waals surface area contributed by atoms with Crippen LogP contribution in [0.4, 0.5) is 0 Å². The fourth-order valence-corrected chi connectivity index (χ4v) is 1.97. The number of Topliss-reactive ketones (excluding diaryl/α,β-unsaturated/α-hetero) is 1. The predicted molar refractivity (Wildman–Crippen MR) is 68.0 cm³/mol. The average Bonchev–Trinajstić information content (AvgIpc) is 2.23. The molecule has 1 atom stereocenters. The van der Waals surface area contributed by atoms with E-state index in [0.29, 0.717) is 28.6 Å². The highest BCUT2D eigenvalue weighted by Gasteiger charge is 2.12. The number of carbonyl (C=O) groups excluding carboxylic acids is 1. The number of nitrogens with two attached hydrogens (primary N) is 1. The van der Waals surface area contributed by atoms with Gasteiger partial charge in [0.25, 0.3) is 0 Å². The smallest absolute Gasteiger partial charge is 0.137 e. The lowest BCUT2D eigenvalue weighted by atomic mass is 10.00. The third kappa shape index (κ3) is 3.78. The Morgan fingerprint density at radius 1 is 1.38 bits per heavy atom. The minimum Gasteiger partial charge on any atom is -0.330 e. The fraction of sp³-hybridized carbons (Fsp3) is 0.417. The van der Waals surface area contributed by atoms with Crippen molar-refractivity contribution >= 4 is 29.0 Å². The average molecular weight is 260 g/mol. The maximum Gasteiger partial charge on any atom is 0.137 e. The van der Waals surface area contributed by atoms with Gasteiger partial charge in [-0.2, -0.15) is 0 Å². The van der Waals surface area contributed by atoms with Gasteiger partial charge in [-0.1, -0.05) is 36.2 Å². The largest absolute Gasteiger partial charge is 0.330 e. The fourth-order valence-electron chi connectivity index (χ4n) is 1.44. The monoisotopic (exact) mass is 259 g/mol. The van der Waals surface area contributed by atoms with Crippen LogP contribution in [-0.2, 0) is 11.2 Å². The number of hydrogen-bond acceptors (Lipinski definition) is 2. The van der Waals surface area contributed by atoms with Crippen molar-refractivity contribution in [1.29, 1.82) is 0 Å². The Labute approximate surface area is 106 Å². The standard InChI is InChI=1S/C12H15Cl2NO/c1-8(7-15)5-9(16)6-10-11(13)3-2-4-12(10)14/h2-4,8H,5-7,15H2,1H3. The van der Waals surface area contributed by atoms with Gasteiger partial charge in [0.05, 0.1) is 0 Å². The first-order valence-electron chi connectivity index (χ1n) is 5.19. The van der Waals surface area contributed by atoms with Crippen molar-refractivity contribution in [2.24, 2.45) is 11.7 Å². The highest BCUT2D eigenvalue weighted by molar-refractivity contribution is 6.36. The van der Waals surface area contributed by atoms with Gasteiger partial charge in [0.1, 0.15) is 5.78 Å². The second-order valence-electron chi connectivity index (χ2n) is 3.96. The summed E-state index contributed by atoms with van der Waals surface area (Å²) in [5, 5.41) is 1.09. The van der Waals surface area contributed by atoms with Crippen molar-refractivity contribution in [3.05, 3.63) is 33.8 Å². The molecule has 1 rings (SSSR count). The van der Waals surface area contributed by atoms with E-state index in [9.17, 15) is 4.79 Å². The molecule has 0 saturated carbocycles. The van der Waals surface area contributed by atoms with Gasteiger partial charge >= 0.3 is 0 Å². The van der Waals surface area contributed by atoms with Crippen LogP contribution in [-0.4, -0.2) is 12.3 Å². The summed E-state index contributed by atoms with van der Waals surface area (Å²) in [7, 11) is 0. The summed E-state index contributed by atoms with van der Waals surface area (Å²) in [4.78, 5) is 11.7. The van der Waals surface area contributed by atoms with Gasteiger partial charge < -0.3 is 5.73 Å². The third-order valence-corrected chi connectivity index (χ3v) is 3.12. The van der Waals surface area contributed by atoms with E-state index >= 15 is 0 Å². The van der Waals surface area contributed by atoms with Crippen LogP contribution in [0.2, 0.25) is 10.0 Å². The second-order valence-corrected chi connectivity index (χ2v) is 4.78. The molecule has 0 bridgehead atoms. The summed E-state index contributed by atoms with van der Waals surface area (Å²) in [5.41, 5.74) is 6.18. The first-order valence-corrected chi connectivity index (χ1v) is 5.94. The summed E-state index contributed by atoms with van der Waals surface area (Å²) >= 11 is 12.0. The molecule has 0 amide bonds. The molecule has 88 valence electrons. The van der Waals surface area contributed by atoms with E-state index in [4.69, 9.17) is 28.9 Å². The van der Waals surface area contributed by atoms with Crippen LogP contribution in [0.15, 0.2) is 18.2 Å². The zero-order valence-electron chi connectivity index (χ0n) is 9.17. The van der Waals surface area contributed by atoms with Crippen LogP contribution in [0, 0.1) is 5.92 Å². The molecule has 0 aliphatic heterocycles. The Bertz CT molecular complexity index is 359. The van der Waals surface area contributed by atoms with Crippen LogP contribution < -0.4 is 5.73 Å². The number of rotatable bonds is 5. The Morgan fingerprint density at radius 3 is 2.44 bits per heavy atom. The maximum absolute atomic E-state index is 11.7. The van der Waals surface area contributed by atoms with Gasteiger partial charge in [-0.3, -0.25) is 4.79 Å². The zero-order valence-corrected chi connectivity index (χ0v) is 10.7. The van der Waals surface area contributed by atoms with Crippen LogP contribution >= 0.6 is 23.2 Å². The summed E-state index contributed by atoms with van der Waals surface area (Å²) < 4.78 is 0. The van der Waals surface area contributed by atoms with Gasteiger partial charge in [0.15, 0.2) is 0 Å². The van der Waals surface area contributed by atoms with E-state index in [1.54, 1.807) is 18.2 Å². The summed E-state index contributed by atoms with van der Waals surface area (Å²) in [6, 6.07) is 5.24. The molecule has 1 aromatic rings. The number of ketones is 1. The molecule has 0 saturated heterocycles. The van der Waals surface area contributed by atoms with Crippen LogP contribution in [0.1, 0.15) is 18.9 Å². The quantitative estimate of drug-likeness (QED) is 0.884. The molecule has 0 fully saturated rings. The van der Waals surface area contributed by atoms with Crippen LogP contribution in [0.3, 0.4) is 0 Å². The molecule has 2 nitrogen and oxygen atoms in total. The molecule has 0 aromatic heterocycles. The lowest BCUT2D eigenvalue weighted by Crippen LogP contribution is -2.16. The molecule has 0 radical (unpaired) electrons. The Morgan fingerprint density at radius 2 is 1.94 bits per heavy atom. The van der Waals surface area contributed by atoms with E-state index in [1.807, 2.05) is 6.92 Å². The summed E-state index contributed by atoms with van der Waals surface area (Å²) in [6.07, 6.45) is 0.751. The van der Waals surface area contributed by atoms with Crippen molar-refractivity contribution in [3.8, 4) is 0 Å². The number of hydrogen-bond donors (Lipinski definition) is 1. The molecule has 0 spiro atoms. The number of carbonyl (C=O) groups is 1. The highest BCUT2D eigenvalue weighted by Crippen LogP contribution is 2.25. The molecular weight excluding hydrogens is 245 g/mol. The Balaban J connectivity index is 2.70. The lowest BCUT2D eigenvalue weighted by Gasteiger charge is -2.09. The molecule has 4 heteroatoms. The normalized spacial score (nSPS) is 12.5. The topological polar surface area (TPSA) is 43.1 Å². The van der Waals surface area contributed by atoms with E-state index in [-0.39, 0.29) is 18.1 Å². The van der Waals surface area contributed by atoms with Crippen molar-refractivity contribution in [2.75, 3.05) is 6.54 Å².